The van der Waals surface area contributed by atoms with Crippen LogP contribution in [0.25, 0.3) is 0 Å². The first-order chi connectivity index (χ1) is 6.14. The summed E-state index contributed by atoms with van der Waals surface area (Å²) in [5, 5.41) is 9.34. The van der Waals surface area contributed by atoms with Crippen LogP contribution in [0.15, 0.2) is 28.7 Å². The van der Waals surface area contributed by atoms with Crippen LogP contribution in [0.3, 0.4) is 0 Å². The van der Waals surface area contributed by atoms with E-state index >= 15 is 0 Å². The molecule has 0 saturated heterocycles. The number of benzene rings is 1. The van der Waals surface area contributed by atoms with Gasteiger partial charge in [0.2, 0.25) is 0 Å². The third-order valence-electron chi connectivity index (χ3n) is 1.90. The Balaban J connectivity index is 3.12. The van der Waals surface area contributed by atoms with Gasteiger partial charge in [0.25, 0.3) is 0 Å². The molecule has 1 aromatic carbocycles. The van der Waals surface area contributed by atoms with Gasteiger partial charge in [-0.3, -0.25) is 5.26 Å². The van der Waals surface area contributed by atoms with Crippen molar-refractivity contribution in [2.75, 3.05) is 5.33 Å². The molecule has 13 heavy (non-hydrogen) atoms. The van der Waals surface area contributed by atoms with Crippen LogP contribution in [0.4, 0.5) is 0 Å². The maximum atomic E-state index is 8.81. The van der Waals surface area contributed by atoms with Crippen LogP contribution in [0.2, 0.25) is 0 Å². The fourth-order valence-corrected chi connectivity index (χ4v) is 2.14. The molecule has 1 unspecified atom stereocenters. The Morgan fingerprint density at radius 1 is 1.46 bits per heavy atom. The van der Waals surface area contributed by atoms with Crippen molar-refractivity contribution < 1.29 is 10.1 Å². The van der Waals surface area contributed by atoms with Gasteiger partial charge in [0.15, 0.2) is 0 Å². The van der Waals surface area contributed by atoms with E-state index in [-0.39, 0.29) is 0 Å². The Morgan fingerprint density at radius 2 is 2.08 bits per heavy atom. The number of hydrogen-bond donors (Lipinski definition) is 1. The molecule has 0 aliphatic rings. The Kier molecular flexibility index (Phi) is 3.91. The van der Waals surface area contributed by atoms with E-state index in [0.29, 0.717) is 5.33 Å². The van der Waals surface area contributed by atoms with Crippen molar-refractivity contribution in [3.8, 4) is 0 Å². The smallest absolute Gasteiger partial charge is 0.136 e. The number of alkyl halides is 1. The minimum Gasteiger partial charge on any atom is -0.251 e. The SMILES string of the molecule is CC(CBr)(OO)c1ccccc1Br. The average Bonchev–Trinajstić information content (AvgIpc) is 2.17. The third-order valence-corrected chi connectivity index (χ3v) is 3.66. The highest BCUT2D eigenvalue weighted by Gasteiger charge is 2.28. The van der Waals surface area contributed by atoms with E-state index in [1.54, 1.807) is 0 Å². The zero-order chi connectivity index (χ0) is 9.90. The molecule has 0 spiro atoms. The van der Waals surface area contributed by atoms with Crippen LogP contribution in [0.5, 0.6) is 0 Å². The van der Waals surface area contributed by atoms with Gasteiger partial charge in [0, 0.05) is 15.4 Å². The summed E-state index contributed by atoms with van der Waals surface area (Å²) < 4.78 is 0.922. The molecule has 1 atom stereocenters. The molecule has 0 heterocycles. The van der Waals surface area contributed by atoms with E-state index in [0.717, 1.165) is 10.0 Å². The van der Waals surface area contributed by atoms with Gasteiger partial charge in [-0.1, -0.05) is 50.1 Å². The van der Waals surface area contributed by atoms with Crippen molar-refractivity contribution in [3.63, 3.8) is 0 Å². The van der Waals surface area contributed by atoms with Crippen molar-refractivity contribution in [2.45, 2.75) is 12.5 Å². The minimum atomic E-state index is -0.708. The molecule has 4 heteroatoms. The van der Waals surface area contributed by atoms with Crippen LogP contribution < -0.4 is 0 Å². The summed E-state index contributed by atoms with van der Waals surface area (Å²) in [5.74, 6) is 0. The average molecular weight is 310 g/mol. The largest absolute Gasteiger partial charge is 0.251 e. The Labute approximate surface area is 94.1 Å². The maximum Gasteiger partial charge on any atom is 0.136 e. The Hall–Kier alpha value is 0.100. The standard InChI is InChI=1S/C9H10Br2O2/c1-9(6-10,13-12)7-4-2-3-5-8(7)11/h2-5,12H,6H2,1H3. The van der Waals surface area contributed by atoms with Gasteiger partial charge in [-0.25, -0.2) is 4.89 Å². The van der Waals surface area contributed by atoms with E-state index in [2.05, 4.69) is 36.7 Å². The zero-order valence-corrected chi connectivity index (χ0v) is 10.3. The summed E-state index contributed by atoms with van der Waals surface area (Å²) in [6.07, 6.45) is 0. The van der Waals surface area contributed by atoms with Gasteiger partial charge in [0.1, 0.15) is 5.60 Å². The molecule has 0 fully saturated rings. The highest BCUT2D eigenvalue weighted by Crippen LogP contribution is 2.32. The van der Waals surface area contributed by atoms with Crippen molar-refractivity contribution in [3.05, 3.63) is 34.3 Å². The van der Waals surface area contributed by atoms with Gasteiger partial charge < -0.3 is 0 Å². The van der Waals surface area contributed by atoms with Gasteiger partial charge in [-0.15, -0.1) is 0 Å². The zero-order valence-electron chi connectivity index (χ0n) is 7.13. The van der Waals surface area contributed by atoms with E-state index in [4.69, 9.17) is 5.26 Å². The lowest BCUT2D eigenvalue weighted by Gasteiger charge is -2.24. The number of halogens is 2. The van der Waals surface area contributed by atoms with E-state index in [9.17, 15) is 0 Å². The van der Waals surface area contributed by atoms with E-state index in [1.807, 2.05) is 31.2 Å². The summed E-state index contributed by atoms with van der Waals surface area (Å²) in [6, 6.07) is 7.64. The van der Waals surface area contributed by atoms with Gasteiger partial charge in [0.05, 0.1) is 0 Å². The predicted octanol–water partition coefficient (Wildman–Crippen LogP) is 3.55. The second kappa shape index (κ2) is 4.55. The molecule has 0 aromatic heterocycles. The van der Waals surface area contributed by atoms with Crippen molar-refractivity contribution in [1.29, 1.82) is 0 Å². The summed E-state index contributed by atoms with van der Waals surface area (Å²) >= 11 is 6.70. The van der Waals surface area contributed by atoms with Crippen molar-refractivity contribution >= 4 is 31.9 Å². The Morgan fingerprint density at radius 3 is 2.54 bits per heavy atom. The molecule has 2 nitrogen and oxygen atoms in total. The van der Waals surface area contributed by atoms with Crippen molar-refractivity contribution in [1.82, 2.24) is 0 Å². The van der Waals surface area contributed by atoms with Crippen LogP contribution in [0.1, 0.15) is 12.5 Å². The quantitative estimate of drug-likeness (QED) is 0.525. The normalized spacial score (nSPS) is 15.4. The number of hydrogen-bond acceptors (Lipinski definition) is 2. The molecular formula is C9H10Br2O2. The highest BCUT2D eigenvalue weighted by atomic mass is 79.9. The third kappa shape index (κ3) is 2.31. The molecule has 0 aliphatic carbocycles. The van der Waals surface area contributed by atoms with Crippen LogP contribution in [0, 0.1) is 0 Å². The van der Waals surface area contributed by atoms with Crippen LogP contribution >= 0.6 is 31.9 Å². The monoisotopic (exact) mass is 308 g/mol. The van der Waals surface area contributed by atoms with Crippen molar-refractivity contribution in [2.24, 2.45) is 0 Å². The molecule has 0 aliphatic heterocycles. The van der Waals surface area contributed by atoms with Gasteiger partial charge in [-0.05, 0) is 13.0 Å². The number of rotatable bonds is 3. The van der Waals surface area contributed by atoms with E-state index in [1.165, 1.54) is 0 Å². The summed E-state index contributed by atoms with van der Waals surface area (Å²) in [5.41, 5.74) is 0.203. The second-order valence-electron chi connectivity index (χ2n) is 2.94. The summed E-state index contributed by atoms with van der Waals surface area (Å²) in [6.45, 7) is 1.81. The first kappa shape index (κ1) is 11.2. The minimum absolute atomic E-state index is 0.527. The Bertz CT molecular complexity index is 285. The molecule has 0 bridgehead atoms. The first-order valence-corrected chi connectivity index (χ1v) is 5.69. The lowest BCUT2D eigenvalue weighted by Crippen LogP contribution is -2.26. The lowest BCUT2D eigenvalue weighted by atomic mass is 9.99. The molecule has 0 amide bonds. The molecule has 1 N–H and O–H groups in total. The fourth-order valence-electron chi connectivity index (χ4n) is 1.04. The second-order valence-corrected chi connectivity index (χ2v) is 4.35. The molecule has 0 saturated carbocycles. The molecule has 72 valence electrons. The molecule has 0 radical (unpaired) electrons. The van der Waals surface area contributed by atoms with Crippen LogP contribution in [-0.4, -0.2) is 10.6 Å². The first-order valence-electron chi connectivity index (χ1n) is 3.77. The topological polar surface area (TPSA) is 29.5 Å². The maximum absolute atomic E-state index is 8.81. The molecule has 1 aromatic rings. The lowest BCUT2D eigenvalue weighted by molar-refractivity contribution is -0.316. The molecular weight excluding hydrogens is 300 g/mol. The summed E-state index contributed by atoms with van der Waals surface area (Å²) in [4.78, 5) is 4.48. The fraction of sp³-hybridized carbons (Fsp3) is 0.333. The van der Waals surface area contributed by atoms with Crippen LogP contribution in [-0.2, 0) is 10.5 Å². The highest BCUT2D eigenvalue weighted by molar-refractivity contribution is 9.10. The van der Waals surface area contributed by atoms with E-state index < -0.39 is 5.60 Å². The van der Waals surface area contributed by atoms with Gasteiger partial charge >= 0.3 is 0 Å². The predicted molar refractivity (Wildman–Crippen MR) is 59.0 cm³/mol. The molecule has 1 rings (SSSR count). The summed E-state index contributed by atoms with van der Waals surface area (Å²) in [7, 11) is 0. The van der Waals surface area contributed by atoms with Gasteiger partial charge in [-0.2, -0.15) is 0 Å².